The normalized spacial score (nSPS) is 13.6. The summed E-state index contributed by atoms with van der Waals surface area (Å²) in [5, 5.41) is 12.2. The standard InChI is InChI=1S/C28H28N2O/c1-28(16-9-17-31,24-18-29-26-14-7-5-12-22(24)26)25-20-30(19-21-10-3-2-4-11-21)27-15-8-6-13-23(25)27/h2-8,10-15,18,20,29,31H,9,16-17,19H2,1H3. The van der Waals surface area contributed by atoms with Gasteiger partial charge in [-0.05, 0) is 41.7 Å². The summed E-state index contributed by atoms with van der Waals surface area (Å²) in [7, 11) is 0. The molecular weight excluding hydrogens is 380 g/mol. The third-order valence-corrected chi connectivity index (χ3v) is 6.60. The van der Waals surface area contributed by atoms with Crippen LogP contribution in [0.1, 0.15) is 36.5 Å². The van der Waals surface area contributed by atoms with Crippen molar-refractivity contribution < 1.29 is 5.11 Å². The lowest BCUT2D eigenvalue weighted by molar-refractivity contribution is 0.272. The number of rotatable bonds is 7. The monoisotopic (exact) mass is 408 g/mol. The van der Waals surface area contributed by atoms with Crippen molar-refractivity contribution in [3.8, 4) is 0 Å². The number of H-pyrrole nitrogens is 1. The Labute approximate surface area is 183 Å². The molecule has 0 bridgehead atoms. The number of fused-ring (bicyclic) bond motifs is 2. The molecule has 0 aliphatic carbocycles. The summed E-state index contributed by atoms with van der Waals surface area (Å²) in [6.07, 6.45) is 6.13. The summed E-state index contributed by atoms with van der Waals surface area (Å²) in [5.41, 5.74) is 6.08. The van der Waals surface area contributed by atoms with Crippen LogP contribution in [0.4, 0.5) is 0 Å². The van der Waals surface area contributed by atoms with Crippen LogP contribution in [0.25, 0.3) is 21.8 Å². The Morgan fingerprint density at radius 1 is 0.839 bits per heavy atom. The van der Waals surface area contributed by atoms with Crippen LogP contribution in [-0.4, -0.2) is 21.3 Å². The average molecular weight is 409 g/mol. The third kappa shape index (κ3) is 3.45. The van der Waals surface area contributed by atoms with E-state index in [2.05, 4.69) is 108 Å². The van der Waals surface area contributed by atoms with Gasteiger partial charge in [-0.15, -0.1) is 0 Å². The van der Waals surface area contributed by atoms with Crippen molar-refractivity contribution in [2.45, 2.75) is 31.7 Å². The topological polar surface area (TPSA) is 40.9 Å². The molecule has 2 N–H and O–H groups in total. The molecule has 5 aromatic rings. The minimum absolute atomic E-state index is 0.195. The van der Waals surface area contributed by atoms with E-state index in [0.717, 1.165) is 24.9 Å². The average Bonchev–Trinajstić information content (AvgIpc) is 3.41. The highest BCUT2D eigenvalue weighted by Gasteiger charge is 2.33. The fourth-order valence-corrected chi connectivity index (χ4v) is 4.97. The number of nitrogens with one attached hydrogen (secondary N) is 1. The molecule has 0 radical (unpaired) electrons. The van der Waals surface area contributed by atoms with Crippen LogP contribution in [0, 0.1) is 0 Å². The zero-order chi connectivity index (χ0) is 21.3. The van der Waals surface area contributed by atoms with Gasteiger partial charge in [-0.1, -0.05) is 73.7 Å². The number of benzene rings is 3. The highest BCUT2D eigenvalue weighted by Crippen LogP contribution is 2.43. The minimum Gasteiger partial charge on any atom is -0.396 e. The summed E-state index contributed by atoms with van der Waals surface area (Å²) >= 11 is 0. The fraction of sp³-hybridized carbons (Fsp3) is 0.214. The molecule has 0 fully saturated rings. The molecule has 0 saturated heterocycles. The minimum atomic E-state index is -0.218. The van der Waals surface area contributed by atoms with Crippen molar-refractivity contribution in [1.82, 2.24) is 9.55 Å². The second kappa shape index (κ2) is 8.09. The molecule has 3 heteroatoms. The molecule has 3 aromatic carbocycles. The maximum Gasteiger partial charge on any atom is 0.0486 e. The Hall–Kier alpha value is -3.30. The van der Waals surface area contributed by atoms with Gasteiger partial charge in [0.05, 0.1) is 0 Å². The Kier molecular flexibility index (Phi) is 5.13. The summed E-state index contributed by atoms with van der Waals surface area (Å²) < 4.78 is 2.37. The summed E-state index contributed by atoms with van der Waals surface area (Å²) in [6.45, 7) is 3.36. The van der Waals surface area contributed by atoms with Crippen LogP contribution < -0.4 is 0 Å². The van der Waals surface area contributed by atoms with Crippen molar-refractivity contribution >= 4 is 21.8 Å². The fourth-order valence-electron chi connectivity index (χ4n) is 4.97. The van der Waals surface area contributed by atoms with Crippen molar-refractivity contribution in [3.63, 3.8) is 0 Å². The van der Waals surface area contributed by atoms with Gasteiger partial charge < -0.3 is 14.7 Å². The number of hydrogen-bond donors (Lipinski definition) is 2. The number of aromatic amines is 1. The largest absolute Gasteiger partial charge is 0.396 e. The zero-order valence-electron chi connectivity index (χ0n) is 17.9. The van der Waals surface area contributed by atoms with E-state index >= 15 is 0 Å². The first kappa shape index (κ1) is 19.7. The van der Waals surface area contributed by atoms with Crippen LogP contribution in [0.2, 0.25) is 0 Å². The summed E-state index contributed by atoms with van der Waals surface area (Å²) in [6, 6.07) is 27.8. The van der Waals surface area contributed by atoms with Crippen molar-refractivity contribution in [2.24, 2.45) is 0 Å². The molecule has 0 saturated carbocycles. The molecule has 1 unspecified atom stereocenters. The van der Waals surface area contributed by atoms with Crippen molar-refractivity contribution in [3.05, 3.63) is 108 Å². The van der Waals surface area contributed by atoms with E-state index in [0.29, 0.717) is 0 Å². The molecule has 0 aliphatic heterocycles. The number of aromatic nitrogens is 2. The Bertz CT molecular complexity index is 1310. The Balaban J connectivity index is 1.70. The smallest absolute Gasteiger partial charge is 0.0486 e. The quantitative estimate of drug-likeness (QED) is 0.328. The number of nitrogens with zero attached hydrogens (tertiary/aromatic N) is 1. The van der Waals surface area contributed by atoms with Crippen LogP contribution in [0.15, 0.2) is 91.3 Å². The molecule has 31 heavy (non-hydrogen) atoms. The molecule has 3 nitrogen and oxygen atoms in total. The first-order valence-corrected chi connectivity index (χ1v) is 11.0. The van der Waals surface area contributed by atoms with Gasteiger partial charge in [0.1, 0.15) is 0 Å². The van der Waals surface area contributed by atoms with Gasteiger partial charge in [0.15, 0.2) is 0 Å². The van der Waals surface area contributed by atoms with Gasteiger partial charge in [0.2, 0.25) is 0 Å². The summed E-state index contributed by atoms with van der Waals surface area (Å²) in [4.78, 5) is 3.47. The lowest BCUT2D eigenvalue weighted by atomic mass is 9.73. The molecule has 156 valence electrons. The molecule has 1 atom stereocenters. The van der Waals surface area contributed by atoms with Crippen LogP contribution in [0.3, 0.4) is 0 Å². The van der Waals surface area contributed by atoms with Crippen LogP contribution in [0.5, 0.6) is 0 Å². The maximum atomic E-state index is 9.69. The lowest BCUT2D eigenvalue weighted by Gasteiger charge is -2.30. The van der Waals surface area contributed by atoms with E-state index in [1.165, 1.54) is 33.0 Å². The van der Waals surface area contributed by atoms with Crippen LogP contribution in [-0.2, 0) is 12.0 Å². The second-order valence-electron chi connectivity index (χ2n) is 8.58. The van der Waals surface area contributed by atoms with E-state index in [4.69, 9.17) is 0 Å². The van der Waals surface area contributed by atoms with E-state index in [1.807, 2.05) is 0 Å². The molecule has 0 spiro atoms. The first-order valence-electron chi connectivity index (χ1n) is 11.0. The number of hydrogen-bond acceptors (Lipinski definition) is 1. The van der Waals surface area contributed by atoms with Crippen LogP contribution >= 0.6 is 0 Å². The molecule has 0 amide bonds. The predicted molar refractivity (Wildman–Crippen MR) is 129 cm³/mol. The third-order valence-electron chi connectivity index (χ3n) is 6.60. The van der Waals surface area contributed by atoms with Crippen molar-refractivity contribution in [1.29, 1.82) is 0 Å². The summed E-state index contributed by atoms with van der Waals surface area (Å²) in [5.74, 6) is 0. The van der Waals surface area contributed by atoms with E-state index in [1.54, 1.807) is 0 Å². The predicted octanol–water partition coefficient (Wildman–Crippen LogP) is 6.25. The van der Waals surface area contributed by atoms with Gasteiger partial charge in [-0.25, -0.2) is 0 Å². The molecule has 2 heterocycles. The number of para-hydroxylation sites is 2. The zero-order valence-corrected chi connectivity index (χ0v) is 17.9. The van der Waals surface area contributed by atoms with E-state index < -0.39 is 0 Å². The van der Waals surface area contributed by atoms with Gasteiger partial charge >= 0.3 is 0 Å². The molecule has 5 rings (SSSR count). The Morgan fingerprint density at radius 2 is 1.55 bits per heavy atom. The van der Waals surface area contributed by atoms with E-state index in [9.17, 15) is 5.11 Å². The van der Waals surface area contributed by atoms with Crippen molar-refractivity contribution in [2.75, 3.05) is 6.61 Å². The molecule has 2 aromatic heterocycles. The first-order chi connectivity index (χ1) is 15.2. The van der Waals surface area contributed by atoms with Gasteiger partial charge in [-0.3, -0.25) is 0 Å². The second-order valence-corrected chi connectivity index (χ2v) is 8.58. The Morgan fingerprint density at radius 3 is 2.35 bits per heavy atom. The lowest BCUT2D eigenvalue weighted by Crippen LogP contribution is -2.24. The SMILES string of the molecule is CC(CCCO)(c1c[nH]c2ccccc12)c1cn(Cc2ccccc2)c2ccccc12. The molecule has 0 aliphatic rings. The van der Waals surface area contributed by atoms with Gasteiger partial charge in [0, 0.05) is 52.8 Å². The number of aliphatic hydroxyl groups excluding tert-OH is 1. The highest BCUT2D eigenvalue weighted by atomic mass is 16.2. The highest BCUT2D eigenvalue weighted by molar-refractivity contribution is 5.89. The molecular formula is C28H28N2O. The maximum absolute atomic E-state index is 9.69. The van der Waals surface area contributed by atoms with Gasteiger partial charge in [0.25, 0.3) is 0 Å². The van der Waals surface area contributed by atoms with E-state index in [-0.39, 0.29) is 12.0 Å². The number of aliphatic hydroxyl groups is 1. The van der Waals surface area contributed by atoms with Gasteiger partial charge in [-0.2, -0.15) is 0 Å².